The van der Waals surface area contributed by atoms with Crippen LogP contribution in [-0.2, 0) is 6.61 Å². The Bertz CT molecular complexity index is 793. The number of nitrogens with one attached hydrogen (secondary N) is 1. The first-order valence-corrected chi connectivity index (χ1v) is 7.37. The predicted octanol–water partition coefficient (Wildman–Crippen LogP) is 4.41. The molecule has 3 rings (SSSR count). The minimum absolute atomic E-state index is 0.289. The smallest absolute Gasteiger partial charge is 0.204 e. The van der Waals surface area contributed by atoms with E-state index in [1.54, 1.807) is 30.3 Å². The van der Waals surface area contributed by atoms with Crippen LogP contribution in [0.15, 0.2) is 36.4 Å². The van der Waals surface area contributed by atoms with Crippen LogP contribution < -0.4 is 4.74 Å². The van der Waals surface area contributed by atoms with Gasteiger partial charge in [0.2, 0.25) is 5.82 Å². The molecular formula is C14H9Cl3N4O. The van der Waals surface area contributed by atoms with Crippen molar-refractivity contribution in [2.75, 3.05) is 0 Å². The van der Waals surface area contributed by atoms with E-state index < -0.39 is 0 Å². The summed E-state index contributed by atoms with van der Waals surface area (Å²) in [7, 11) is 0. The topological polar surface area (TPSA) is 63.7 Å². The summed E-state index contributed by atoms with van der Waals surface area (Å²) >= 11 is 18.2. The van der Waals surface area contributed by atoms with Gasteiger partial charge in [-0.25, -0.2) is 0 Å². The zero-order valence-corrected chi connectivity index (χ0v) is 13.3. The SMILES string of the molecule is Clc1ccc(COc2ccc(-c3nn[nH]n3)cc2Cl)c(Cl)c1. The Morgan fingerprint density at radius 3 is 2.55 bits per heavy atom. The first-order chi connectivity index (χ1) is 10.6. The second-order valence-electron chi connectivity index (χ2n) is 4.41. The monoisotopic (exact) mass is 354 g/mol. The molecule has 5 nitrogen and oxygen atoms in total. The number of tetrazole rings is 1. The third-order valence-electron chi connectivity index (χ3n) is 2.93. The van der Waals surface area contributed by atoms with E-state index in [1.807, 2.05) is 6.07 Å². The van der Waals surface area contributed by atoms with Crippen molar-refractivity contribution in [2.45, 2.75) is 6.61 Å². The highest BCUT2D eigenvalue weighted by Crippen LogP contribution is 2.30. The molecule has 0 unspecified atom stereocenters. The van der Waals surface area contributed by atoms with Gasteiger partial charge in [-0.1, -0.05) is 40.9 Å². The van der Waals surface area contributed by atoms with Crippen molar-refractivity contribution in [1.82, 2.24) is 20.6 Å². The van der Waals surface area contributed by atoms with Gasteiger partial charge in [0, 0.05) is 21.2 Å². The van der Waals surface area contributed by atoms with Crippen molar-refractivity contribution in [2.24, 2.45) is 0 Å². The molecule has 0 bridgehead atoms. The minimum atomic E-state index is 0.289. The van der Waals surface area contributed by atoms with Crippen molar-refractivity contribution in [3.05, 3.63) is 57.0 Å². The van der Waals surface area contributed by atoms with Crippen LogP contribution in [0.4, 0.5) is 0 Å². The molecule has 0 aliphatic heterocycles. The third-order valence-corrected chi connectivity index (χ3v) is 3.82. The fourth-order valence-electron chi connectivity index (χ4n) is 1.84. The second-order valence-corrected chi connectivity index (χ2v) is 5.66. The summed E-state index contributed by atoms with van der Waals surface area (Å²) in [6.45, 7) is 0.289. The zero-order chi connectivity index (χ0) is 15.5. The Morgan fingerprint density at radius 2 is 1.86 bits per heavy atom. The van der Waals surface area contributed by atoms with Gasteiger partial charge in [0.25, 0.3) is 0 Å². The van der Waals surface area contributed by atoms with Crippen molar-refractivity contribution in [3.8, 4) is 17.1 Å². The van der Waals surface area contributed by atoms with Crippen LogP contribution in [0.25, 0.3) is 11.4 Å². The van der Waals surface area contributed by atoms with E-state index in [1.165, 1.54) is 0 Å². The van der Waals surface area contributed by atoms with Crippen LogP contribution in [-0.4, -0.2) is 20.6 Å². The highest BCUT2D eigenvalue weighted by molar-refractivity contribution is 6.35. The molecule has 3 aromatic rings. The van der Waals surface area contributed by atoms with E-state index in [0.29, 0.717) is 26.6 Å². The highest BCUT2D eigenvalue weighted by atomic mass is 35.5. The quantitative estimate of drug-likeness (QED) is 0.753. The summed E-state index contributed by atoms with van der Waals surface area (Å²) < 4.78 is 5.69. The molecule has 112 valence electrons. The summed E-state index contributed by atoms with van der Waals surface area (Å²) in [5.74, 6) is 1.01. The molecule has 1 aromatic heterocycles. The van der Waals surface area contributed by atoms with Crippen LogP contribution in [0, 0.1) is 0 Å². The molecule has 0 aliphatic rings. The Hall–Kier alpha value is -1.82. The first-order valence-electron chi connectivity index (χ1n) is 6.23. The average molecular weight is 356 g/mol. The maximum Gasteiger partial charge on any atom is 0.204 e. The van der Waals surface area contributed by atoms with Crippen molar-refractivity contribution in [1.29, 1.82) is 0 Å². The van der Waals surface area contributed by atoms with Crippen LogP contribution in [0.1, 0.15) is 5.56 Å². The van der Waals surface area contributed by atoms with Gasteiger partial charge in [-0.3, -0.25) is 0 Å². The number of nitrogens with zero attached hydrogens (tertiary/aromatic N) is 3. The molecule has 22 heavy (non-hydrogen) atoms. The molecule has 1 heterocycles. The zero-order valence-electron chi connectivity index (χ0n) is 11.1. The lowest BCUT2D eigenvalue weighted by Gasteiger charge is -2.10. The summed E-state index contributed by atoms with van der Waals surface area (Å²) in [5, 5.41) is 15.3. The fraction of sp³-hybridized carbons (Fsp3) is 0.0714. The summed E-state index contributed by atoms with van der Waals surface area (Å²) in [6.07, 6.45) is 0. The lowest BCUT2D eigenvalue weighted by atomic mass is 10.2. The Labute approximate surface area is 141 Å². The Morgan fingerprint density at radius 1 is 1.00 bits per heavy atom. The number of halogens is 3. The van der Waals surface area contributed by atoms with Gasteiger partial charge in [-0.15, -0.1) is 10.2 Å². The highest BCUT2D eigenvalue weighted by Gasteiger charge is 2.09. The predicted molar refractivity (Wildman–Crippen MR) is 85.4 cm³/mol. The molecule has 0 amide bonds. The molecular weight excluding hydrogens is 347 g/mol. The van der Waals surface area contributed by atoms with E-state index in [-0.39, 0.29) is 6.61 Å². The second kappa shape index (κ2) is 6.52. The lowest BCUT2D eigenvalue weighted by Crippen LogP contribution is -1.97. The largest absolute Gasteiger partial charge is 0.487 e. The number of hydrogen-bond acceptors (Lipinski definition) is 4. The summed E-state index contributed by atoms with van der Waals surface area (Å²) in [4.78, 5) is 0. The summed E-state index contributed by atoms with van der Waals surface area (Å²) in [5.41, 5.74) is 1.57. The molecule has 0 spiro atoms. The maximum atomic E-state index is 6.21. The molecule has 0 radical (unpaired) electrons. The molecule has 0 fully saturated rings. The van der Waals surface area contributed by atoms with Gasteiger partial charge in [0.15, 0.2) is 0 Å². The fourth-order valence-corrected chi connectivity index (χ4v) is 2.53. The number of aromatic nitrogens is 4. The minimum Gasteiger partial charge on any atom is -0.487 e. The van der Waals surface area contributed by atoms with Crippen LogP contribution in [0.3, 0.4) is 0 Å². The Balaban J connectivity index is 1.75. The third kappa shape index (κ3) is 3.32. The van der Waals surface area contributed by atoms with E-state index >= 15 is 0 Å². The van der Waals surface area contributed by atoms with Crippen LogP contribution in [0.5, 0.6) is 5.75 Å². The number of H-pyrrole nitrogens is 1. The molecule has 0 saturated carbocycles. The normalized spacial score (nSPS) is 10.7. The van der Waals surface area contributed by atoms with E-state index in [4.69, 9.17) is 39.5 Å². The van der Waals surface area contributed by atoms with Gasteiger partial charge in [0.05, 0.1) is 5.02 Å². The van der Waals surface area contributed by atoms with E-state index in [9.17, 15) is 0 Å². The number of benzene rings is 2. The Kier molecular flexibility index (Phi) is 4.47. The molecule has 0 atom stereocenters. The van der Waals surface area contributed by atoms with Gasteiger partial charge < -0.3 is 4.74 Å². The van der Waals surface area contributed by atoms with Crippen LogP contribution >= 0.6 is 34.8 Å². The van der Waals surface area contributed by atoms with Crippen LogP contribution in [0.2, 0.25) is 15.1 Å². The summed E-state index contributed by atoms with van der Waals surface area (Å²) in [6, 6.07) is 10.5. The molecule has 8 heteroatoms. The van der Waals surface area contributed by atoms with Gasteiger partial charge in [-0.05, 0) is 35.5 Å². The molecule has 0 aliphatic carbocycles. The van der Waals surface area contributed by atoms with Gasteiger partial charge in [-0.2, -0.15) is 5.21 Å². The maximum absolute atomic E-state index is 6.21. The molecule has 0 saturated heterocycles. The molecule has 2 aromatic carbocycles. The lowest BCUT2D eigenvalue weighted by molar-refractivity contribution is 0.306. The first kappa shape index (κ1) is 15.1. The van der Waals surface area contributed by atoms with Gasteiger partial charge in [0.1, 0.15) is 12.4 Å². The number of ether oxygens (including phenoxy) is 1. The number of rotatable bonds is 4. The number of hydrogen-bond donors (Lipinski definition) is 1. The van der Waals surface area contributed by atoms with Crippen molar-refractivity contribution >= 4 is 34.8 Å². The average Bonchev–Trinajstić information content (AvgIpc) is 3.02. The molecule has 1 N–H and O–H groups in total. The van der Waals surface area contributed by atoms with Crippen molar-refractivity contribution < 1.29 is 4.74 Å². The van der Waals surface area contributed by atoms with Crippen molar-refractivity contribution in [3.63, 3.8) is 0 Å². The standard InChI is InChI=1S/C14H9Cl3N4O/c15-10-3-1-9(11(16)6-10)7-22-13-4-2-8(5-12(13)17)14-18-20-21-19-14/h1-6H,7H2,(H,18,19,20,21). The van der Waals surface area contributed by atoms with Gasteiger partial charge >= 0.3 is 0 Å². The van der Waals surface area contributed by atoms with E-state index in [2.05, 4.69) is 20.6 Å². The van der Waals surface area contributed by atoms with E-state index in [0.717, 1.165) is 11.1 Å². The number of aromatic amines is 1.